The molecule has 0 amide bonds. The van der Waals surface area contributed by atoms with Gasteiger partial charge in [-0.1, -0.05) is 0 Å². The van der Waals surface area contributed by atoms with E-state index in [0.29, 0.717) is 12.8 Å². The largest absolute Gasteiger partial charge is 0.356 e. The van der Waals surface area contributed by atoms with Crippen LogP contribution in [-0.4, -0.2) is 77.0 Å². The monoisotopic (exact) mass is 374 g/mol. The van der Waals surface area contributed by atoms with Gasteiger partial charge in [-0.3, -0.25) is 0 Å². The normalized spacial score (nSPS) is 51.2. The molecule has 4 aliphatic heterocycles. The van der Waals surface area contributed by atoms with Crippen molar-refractivity contribution in [2.24, 2.45) is 0 Å². The molecule has 0 unspecified atom stereocenters. The molecule has 0 aromatic carbocycles. The van der Waals surface area contributed by atoms with E-state index in [1.54, 1.807) is 28.4 Å². The summed E-state index contributed by atoms with van der Waals surface area (Å²) in [6.45, 7) is 0. The van der Waals surface area contributed by atoms with Gasteiger partial charge in [0.25, 0.3) is 0 Å². The molecule has 0 spiro atoms. The molecule has 0 saturated carbocycles. The van der Waals surface area contributed by atoms with Gasteiger partial charge in [0.05, 0.1) is 12.2 Å². The van der Waals surface area contributed by atoms with E-state index >= 15 is 0 Å². The Balaban J connectivity index is 1.47. The summed E-state index contributed by atoms with van der Waals surface area (Å²) in [6.07, 6.45) is 3.27. The van der Waals surface area contributed by atoms with Crippen LogP contribution in [0.3, 0.4) is 0 Å². The van der Waals surface area contributed by atoms with Crippen LogP contribution in [0.5, 0.6) is 0 Å². The van der Waals surface area contributed by atoms with Crippen molar-refractivity contribution in [1.29, 1.82) is 0 Å². The Bertz CT molecular complexity index is 460. The predicted molar refractivity (Wildman–Crippen MR) is 88.3 cm³/mol. The molecule has 4 fully saturated rings. The Morgan fingerprint density at radius 2 is 1.12 bits per heavy atom. The van der Waals surface area contributed by atoms with Crippen LogP contribution in [0, 0.1) is 0 Å². The molecule has 4 heterocycles. The Kier molecular flexibility index (Phi) is 5.31. The van der Waals surface area contributed by atoms with Gasteiger partial charge in [0, 0.05) is 67.0 Å². The Hall–Kier alpha value is -0.320. The van der Waals surface area contributed by atoms with E-state index in [-0.39, 0.29) is 37.0 Å². The summed E-state index contributed by atoms with van der Waals surface area (Å²) in [4.78, 5) is 0. The molecule has 4 aliphatic rings. The van der Waals surface area contributed by atoms with Gasteiger partial charge in [0.15, 0.2) is 24.2 Å². The standard InChI is InChI=1S/C18H30O8/c1-19-15-5-7-17(21-3)13(23-15)9-11(25-17)12-10-14-18(22-4,26-12)8-6-16(20-2)24-14/h11-16H,5-10H2,1-4H3/t11-,12+,13-,14-,15+,16+,17-,18-/m0/s1. The van der Waals surface area contributed by atoms with Crippen LogP contribution in [0.25, 0.3) is 0 Å². The molecular weight excluding hydrogens is 344 g/mol. The fourth-order valence-electron chi connectivity index (χ4n) is 4.81. The molecule has 0 N–H and O–H groups in total. The zero-order valence-electron chi connectivity index (χ0n) is 16.0. The first-order chi connectivity index (χ1) is 12.6. The number of fused-ring (bicyclic) bond motifs is 2. The lowest BCUT2D eigenvalue weighted by molar-refractivity contribution is -0.329. The highest BCUT2D eigenvalue weighted by molar-refractivity contribution is 5.02. The minimum atomic E-state index is -0.729. The van der Waals surface area contributed by atoms with E-state index in [4.69, 9.17) is 37.9 Å². The van der Waals surface area contributed by atoms with Gasteiger partial charge < -0.3 is 37.9 Å². The third-order valence-corrected chi connectivity index (χ3v) is 6.30. The van der Waals surface area contributed by atoms with Crippen LogP contribution < -0.4 is 0 Å². The number of hydrogen-bond donors (Lipinski definition) is 0. The lowest BCUT2D eigenvalue weighted by Gasteiger charge is -2.40. The average Bonchev–Trinajstić information content (AvgIpc) is 3.25. The number of methoxy groups -OCH3 is 4. The predicted octanol–water partition coefficient (Wildman–Crippen LogP) is 1.55. The minimum absolute atomic E-state index is 0.141. The van der Waals surface area contributed by atoms with Crippen LogP contribution in [0.4, 0.5) is 0 Å². The molecule has 150 valence electrons. The number of ether oxygens (including phenoxy) is 8. The van der Waals surface area contributed by atoms with Gasteiger partial charge in [0.2, 0.25) is 0 Å². The third-order valence-electron chi connectivity index (χ3n) is 6.30. The summed E-state index contributed by atoms with van der Waals surface area (Å²) in [6, 6.07) is 0. The smallest absolute Gasteiger partial charge is 0.195 e. The first-order valence-electron chi connectivity index (χ1n) is 9.40. The second-order valence-electron chi connectivity index (χ2n) is 7.47. The van der Waals surface area contributed by atoms with Crippen LogP contribution in [0.1, 0.15) is 38.5 Å². The molecule has 8 atom stereocenters. The van der Waals surface area contributed by atoms with Crippen LogP contribution in [0.15, 0.2) is 0 Å². The second-order valence-corrected chi connectivity index (χ2v) is 7.47. The SMILES string of the molecule is CO[C@H]1CC[C@]2(OC)O[C@H]([C@H]3C[C@@H]4O[C@@H](OC)CC[C@]4(OC)O3)C[C@@H]2O1. The van der Waals surface area contributed by atoms with Gasteiger partial charge in [-0.05, 0) is 0 Å². The van der Waals surface area contributed by atoms with Gasteiger partial charge in [-0.2, -0.15) is 0 Å². The first kappa shape index (κ1) is 19.0. The second kappa shape index (κ2) is 7.25. The van der Waals surface area contributed by atoms with Crippen LogP contribution in [-0.2, 0) is 37.9 Å². The lowest BCUT2D eigenvalue weighted by atomic mass is 9.96. The molecule has 0 aromatic rings. The quantitative estimate of drug-likeness (QED) is 0.718. The van der Waals surface area contributed by atoms with E-state index in [9.17, 15) is 0 Å². The fourth-order valence-corrected chi connectivity index (χ4v) is 4.81. The Morgan fingerprint density at radius 1 is 0.692 bits per heavy atom. The zero-order chi connectivity index (χ0) is 18.4. The van der Waals surface area contributed by atoms with Crippen molar-refractivity contribution in [2.45, 2.75) is 87.1 Å². The van der Waals surface area contributed by atoms with E-state index in [1.165, 1.54) is 0 Å². The van der Waals surface area contributed by atoms with Gasteiger partial charge in [-0.25, -0.2) is 0 Å². The van der Waals surface area contributed by atoms with E-state index < -0.39 is 11.6 Å². The zero-order valence-corrected chi connectivity index (χ0v) is 16.0. The van der Waals surface area contributed by atoms with Crippen LogP contribution >= 0.6 is 0 Å². The molecular formula is C18H30O8. The summed E-state index contributed by atoms with van der Waals surface area (Å²) in [7, 11) is 6.66. The summed E-state index contributed by atoms with van der Waals surface area (Å²) in [5.41, 5.74) is 0. The topological polar surface area (TPSA) is 73.8 Å². The molecule has 8 nitrogen and oxygen atoms in total. The summed E-state index contributed by atoms with van der Waals surface area (Å²) < 4.78 is 47.0. The highest BCUT2D eigenvalue weighted by Gasteiger charge is 2.60. The molecule has 0 aliphatic carbocycles. The van der Waals surface area contributed by atoms with Gasteiger partial charge in [0.1, 0.15) is 12.2 Å². The average molecular weight is 374 g/mol. The fraction of sp³-hybridized carbons (Fsp3) is 1.00. The number of rotatable bonds is 5. The first-order valence-corrected chi connectivity index (χ1v) is 9.40. The Labute approximate surface area is 154 Å². The van der Waals surface area contributed by atoms with E-state index in [0.717, 1.165) is 25.7 Å². The van der Waals surface area contributed by atoms with Crippen molar-refractivity contribution in [3.8, 4) is 0 Å². The van der Waals surface area contributed by atoms with Crippen molar-refractivity contribution in [3.63, 3.8) is 0 Å². The summed E-state index contributed by atoms with van der Waals surface area (Å²) >= 11 is 0. The third kappa shape index (κ3) is 3.00. The Morgan fingerprint density at radius 3 is 1.46 bits per heavy atom. The highest BCUT2D eigenvalue weighted by atomic mass is 16.8. The molecule has 26 heavy (non-hydrogen) atoms. The van der Waals surface area contributed by atoms with E-state index in [1.807, 2.05) is 0 Å². The maximum Gasteiger partial charge on any atom is 0.195 e. The van der Waals surface area contributed by atoms with Crippen molar-refractivity contribution < 1.29 is 37.9 Å². The van der Waals surface area contributed by atoms with Crippen molar-refractivity contribution in [1.82, 2.24) is 0 Å². The van der Waals surface area contributed by atoms with Crippen molar-refractivity contribution in [2.75, 3.05) is 28.4 Å². The maximum absolute atomic E-state index is 6.36. The molecule has 0 radical (unpaired) electrons. The maximum atomic E-state index is 6.36. The highest BCUT2D eigenvalue weighted by Crippen LogP contribution is 2.49. The molecule has 4 rings (SSSR count). The molecule has 8 heteroatoms. The van der Waals surface area contributed by atoms with Gasteiger partial charge >= 0.3 is 0 Å². The van der Waals surface area contributed by atoms with E-state index in [2.05, 4.69) is 0 Å². The van der Waals surface area contributed by atoms with Crippen molar-refractivity contribution >= 4 is 0 Å². The van der Waals surface area contributed by atoms with Gasteiger partial charge in [-0.15, -0.1) is 0 Å². The number of hydrogen-bond acceptors (Lipinski definition) is 8. The molecule has 4 saturated heterocycles. The van der Waals surface area contributed by atoms with Crippen LogP contribution in [0.2, 0.25) is 0 Å². The molecule has 0 bridgehead atoms. The molecule has 0 aromatic heterocycles. The van der Waals surface area contributed by atoms with Crippen molar-refractivity contribution in [3.05, 3.63) is 0 Å². The lowest BCUT2D eigenvalue weighted by Crippen LogP contribution is -2.49. The summed E-state index contributed by atoms with van der Waals surface area (Å²) in [5, 5.41) is 0. The summed E-state index contributed by atoms with van der Waals surface area (Å²) in [5.74, 6) is -1.46. The minimum Gasteiger partial charge on any atom is -0.356 e.